The van der Waals surface area contributed by atoms with Crippen LogP contribution in [0.4, 0.5) is 11.4 Å². The van der Waals surface area contributed by atoms with Crippen molar-refractivity contribution in [1.82, 2.24) is 9.79 Å². The Kier molecular flexibility index (Phi) is 7.30. The fourth-order valence-corrected chi connectivity index (χ4v) is 6.83. The minimum absolute atomic E-state index is 0.0867. The van der Waals surface area contributed by atoms with Crippen molar-refractivity contribution in [3.05, 3.63) is 18.2 Å². The van der Waals surface area contributed by atoms with Gasteiger partial charge in [-0.3, -0.25) is 9.44 Å². The van der Waals surface area contributed by atoms with Gasteiger partial charge in [-0.25, -0.2) is 30.0 Å². The maximum absolute atomic E-state index is 13.2. The van der Waals surface area contributed by atoms with Crippen LogP contribution in [0, 0.1) is 0 Å². The zero-order valence-electron chi connectivity index (χ0n) is 19.3. The maximum atomic E-state index is 13.2. The van der Waals surface area contributed by atoms with E-state index in [1.54, 1.807) is 7.11 Å². The maximum Gasteiger partial charge on any atom is 0.240 e. The topological polar surface area (TPSA) is 151 Å². The van der Waals surface area contributed by atoms with Crippen LogP contribution in [-0.2, 0) is 34.9 Å². The Balaban J connectivity index is 2.44. The van der Waals surface area contributed by atoms with Crippen molar-refractivity contribution in [3.63, 3.8) is 0 Å². The van der Waals surface area contributed by atoms with E-state index in [1.165, 1.54) is 6.07 Å². The first kappa shape index (κ1) is 26.8. The standard InChI is InChI=1S/C18H32N4O7S3/c1-17(2)11-15(12-18(3,4)22(17)29-5)21-32(27,28)16-9-13(19-30(6,23)24)8-14(10-16)20-31(7,25)26/h8-10,15,19-21H,11-12H2,1-7H3. The van der Waals surface area contributed by atoms with Crippen molar-refractivity contribution in [1.29, 1.82) is 0 Å². The van der Waals surface area contributed by atoms with Crippen LogP contribution in [0.25, 0.3) is 0 Å². The molecule has 1 aliphatic heterocycles. The molecular formula is C18H32N4O7S3. The molecule has 0 unspecified atom stereocenters. The van der Waals surface area contributed by atoms with Crippen LogP contribution in [0.1, 0.15) is 40.5 Å². The van der Waals surface area contributed by atoms with Gasteiger partial charge in [0.1, 0.15) is 0 Å². The second-order valence-corrected chi connectivity index (χ2v) is 14.5. The van der Waals surface area contributed by atoms with E-state index in [-0.39, 0.29) is 16.3 Å². The Morgan fingerprint density at radius 3 is 1.59 bits per heavy atom. The van der Waals surface area contributed by atoms with E-state index in [0.717, 1.165) is 24.6 Å². The molecule has 1 heterocycles. The summed E-state index contributed by atoms with van der Waals surface area (Å²) in [6.07, 6.45) is 2.73. The van der Waals surface area contributed by atoms with E-state index in [1.807, 2.05) is 32.8 Å². The Labute approximate surface area is 191 Å². The summed E-state index contributed by atoms with van der Waals surface area (Å²) >= 11 is 0. The predicted molar refractivity (Wildman–Crippen MR) is 124 cm³/mol. The second kappa shape index (κ2) is 8.72. The molecular weight excluding hydrogens is 480 g/mol. The third-order valence-corrected chi connectivity index (χ3v) is 7.63. The van der Waals surface area contributed by atoms with Gasteiger partial charge in [-0.05, 0) is 58.7 Å². The number of hydroxylamine groups is 2. The molecule has 3 N–H and O–H groups in total. The zero-order valence-corrected chi connectivity index (χ0v) is 21.7. The van der Waals surface area contributed by atoms with Crippen molar-refractivity contribution >= 4 is 41.4 Å². The number of nitrogens with one attached hydrogen (secondary N) is 3. The van der Waals surface area contributed by atoms with Gasteiger partial charge in [-0.1, -0.05) is 0 Å². The lowest BCUT2D eigenvalue weighted by atomic mass is 9.79. The molecule has 1 saturated heterocycles. The normalized spacial score (nSPS) is 20.1. The number of nitrogens with zero attached hydrogens (tertiary/aromatic N) is 1. The monoisotopic (exact) mass is 512 g/mol. The molecule has 0 saturated carbocycles. The number of hydrogen-bond donors (Lipinski definition) is 3. The van der Waals surface area contributed by atoms with Crippen molar-refractivity contribution in [2.24, 2.45) is 0 Å². The highest BCUT2D eigenvalue weighted by Gasteiger charge is 2.47. The predicted octanol–water partition coefficient (Wildman–Crippen LogP) is 1.29. The van der Waals surface area contributed by atoms with Gasteiger partial charge >= 0.3 is 0 Å². The molecule has 14 heteroatoms. The third kappa shape index (κ3) is 7.02. The summed E-state index contributed by atoms with van der Waals surface area (Å²) in [5, 5.41) is 1.84. The van der Waals surface area contributed by atoms with Crippen LogP contribution in [0.2, 0.25) is 0 Å². The van der Waals surface area contributed by atoms with Gasteiger partial charge in [0.2, 0.25) is 30.1 Å². The molecule has 1 aromatic rings. The third-order valence-electron chi connectivity index (χ3n) is 4.92. The van der Waals surface area contributed by atoms with Crippen LogP contribution in [0.5, 0.6) is 0 Å². The number of anilines is 2. The smallest absolute Gasteiger partial charge is 0.240 e. The Hall–Kier alpha value is -1.45. The van der Waals surface area contributed by atoms with Gasteiger partial charge in [-0.2, -0.15) is 5.06 Å². The number of hydrogen-bond acceptors (Lipinski definition) is 8. The van der Waals surface area contributed by atoms with E-state index in [0.29, 0.717) is 12.8 Å². The average Bonchev–Trinajstić information content (AvgIpc) is 2.48. The van der Waals surface area contributed by atoms with Crippen molar-refractivity contribution in [2.45, 2.75) is 62.6 Å². The second-order valence-electron chi connectivity index (χ2n) is 9.32. The summed E-state index contributed by atoms with van der Waals surface area (Å²) in [6, 6.07) is 3.04. The first-order chi connectivity index (χ1) is 14.2. The lowest BCUT2D eigenvalue weighted by molar-refractivity contribution is -0.266. The van der Waals surface area contributed by atoms with Gasteiger partial charge in [0.15, 0.2) is 0 Å². The van der Waals surface area contributed by atoms with Gasteiger partial charge in [-0.15, -0.1) is 0 Å². The summed E-state index contributed by atoms with van der Waals surface area (Å²) in [5.74, 6) is 0. The molecule has 0 radical (unpaired) electrons. The Bertz CT molecular complexity index is 1110. The lowest BCUT2D eigenvalue weighted by Crippen LogP contribution is -2.63. The molecule has 11 nitrogen and oxygen atoms in total. The number of rotatable bonds is 8. The number of piperidine rings is 1. The highest BCUT2D eigenvalue weighted by atomic mass is 32.2. The van der Waals surface area contributed by atoms with E-state index >= 15 is 0 Å². The first-order valence-electron chi connectivity index (χ1n) is 9.72. The summed E-state index contributed by atoms with van der Waals surface area (Å²) in [5.41, 5.74) is -1.11. The fraction of sp³-hybridized carbons (Fsp3) is 0.667. The van der Waals surface area contributed by atoms with Crippen molar-refractivity contribution in [2.75, 3.05) is 29.1 Å². The summed E-state index contributed by atoms with van der Waals surface area (Å²) in [4.78, 5) is 5.26. The minimum atomic E-state index is -4.12. The molecule has 1 fully saturated rings. The number of sulfonamides is 3. The molecule has 184 valence electrons. The Morgan fingerprint density at radius 1 is 0.844 bits per heavy atom. The molecule has 0 atom stereocenters. The van der Waals surface area contributed by atoms with Crippen LogP contribution in [-0.4, -0.2) is 67.1 Å². The molecule has 0 aromatic heterocycles. The van der Waals surface area contributed by atoms with Crippen LogP contribution in [0.3, 0.4) is 0 Å². The molecule has 1 aliphatic rings. The van der Waals surface area contributed by atoms with E-state index in [9.17, 15) is 25.3 Å². The SMILES string of the molecule is CON1C(C)(C)CC(NS(=O)(=O)c2cc(NS(C)(=O)=O)cc(NS(C)(=O)=O)c2)CC1(C)C. The largest absolute Gasteiger partial charge is 0.301 e. The molecule has 0 bridgehead atoms. The van der Waals surface area contributed by atoms with E-state index < -0.39 is 47.2 Å². The van der Waals surface area contributed by atoms with Gasteiger partial charge in [0.25, 0.3) is 0 Å². The summed E-state index contributed by atoms with van der Waals surface area (Å²) in [6.45, 7) is 7.79. The van der Waals surface area contributed by atoms with Gasteiger partial charge in [0.05, 0.1) is 35.9 Å². The van der Waals surface area contributed by atoms with Crippen LogP contribution in [0.15, 0.2) is 23.1 Å². The number of benzene rings is 1. The first-order valence-corrected chi connectivity index (χ1v) is 15.0. The van der Waals surface area contributed by atoms with Gasteiger partial charge < -0.3 is 4.84 Å². The molecule has 0 spiro atoms. The van der Waals surface area contributed by atoms with Crippen molar-refractivity contribution in [3.8, 4) is 0 Å². The summed E-state index contributed by atoms with van der Waals surface area (Å²) < 4.78 is 80.0. The van der Waals surface area contributed by atoms with Crippen LogP contribution < -0.4 is 14.2 Å². The van der Waals surface area contributed by atoms with Crippen molar-refractivity contribution < 1.29 is 30.1 Å². The summed E-state index contributed by atoms with van der Waals surface area (Å²) in [7, 11) is -10.0. The molecule has 2 rings (SSSR count). The van der Waals surface area contributed by atoms with Gasteiger partial charge in [0, 0.05) is 17.1 Å². The molecule has 32 heavy (non-hydrogen) atoms. The highest BCUT2D eigenvalue weighted by molar-refractivity contribution is 7.92. The lowest BCUT2D eigenvalue weighted by Gasteiger charge is -2.53. The van der Waals surface area contributed by atoms with E-state index in [2.05, 4.69) is 14.2 Å². The average molecular weight is 513 g/mol. The van der Waals surface area contributed by atoms with E-state index in [4.69, 9.17) is 4.84 Å². The Morgan fingerprint density at radius 2 is 1.25 bits per heavy atom. The molecule has 0 aliphatic carbocycles. The molecule has 0 amide bonds. The van der Waals surface area contributed by atoms with Crippen LogP contribution >= 0.6 is 0 Å². The highest BCUT2D eigenvalue weighted by Crippen LogP contribution is 2.39. The fourth-order valence-electron chi connectivity index (χ4n) is 4.43. The zero-order chi connectivity index (χ0) is 24.8. The molecule has 1 aromatic carbocycles. The minimum Gasteiger partial charge on any atom is -0.301 e. The quantitative estimate of drug-likeness (QED) is 0.471.